The zero-order valence-corrected chi connectivity index (χ0v) is 26.0. The van der Waals surface area contributed by atoms with Crippen LogP contribution in [0.2, 0.25) is 0 Å². The molecule has 11 nitrogen and oxygen atoms in total. The molecule has 2 atom stereocenters. The van der Waals surface area contributed by atoms with Gasteiger partial charge in [-0.25, -0.2) is 0 Å². The zero-order valence-electron chi connectivity index (χ0n) is 23.0. The minimum atomic E-state index is -0.656. The van der Waals surface area contributed by atoms with Crippen LogP contribution in [-0.2, 0) is 23.7 Å². The number of benzene rings is 2. The van der Waals surface area contributed by atoms with Crippen molar-refractivity contribution in [3.05, 3.63) is 70.1 Å². The van der Waals surface area contributed by atoms with Gasteiger partial charge in [0, 0.05) is 32.7 Å². The van der Waals surface area contributed by atoms with E-state index in [0.717, 1.165) is 20.5 Å². The van der Waals surface area contributed by atoms with Gasteiger partial charge in [0.05, 0.1) is 29.9 Å². The quantitative estimate of drug-likeness (QED) is 0.0477. The fourth-order valence-corrected chi connectivity index (χ4v) is 4.68. The van der Waals surface area contributed by atoms with Gasteiger partial charge in [-0.3, -0.25) is 19.2 Å². The third-order valence-corrected chi connectivity index (χ3v) is 7.22. The second-order valence-electron chi connectivity index (χ2n) is 9.21. The summed E-state index contributed by atoms with van der Waals surface area (Å²) in [5, 5.41) is 11.7. The van der Waals surface area contributed by atoms with Crippen molar-refractivity contribution >= 4 is 63.7 Å². The maximum atomic E-state index is 12.4. The highest BCUT2D eigenvalue weighted by Crippen LogP contribution is 2.21. The van der Waals surface area contributed by atoms with Crippen molar-refractivity contribution in [2.24, 2.45) is 5.90 Å². The topological polar surface area (TPSA) is 161 Å². The monoisotopic (exact) mass is 697 g/mol. The molecule has 2 amide bonds. The molecule has 0 saturated heterocycles. The van der Waals surface area contributed by atoms with E-state index in [1.807, 2.05) is 18.2 Å². The standard InChI is InChI=1S/C28H36IN5O6S/c1-18(35)25(9-4-5-16-31-28(38)21-7-6-8-22(29)17-21)32-20(3)33-26(19(2)36)14-15-27(37)34-23-10-12-24(13-11-23)41-40-39-30/h6-8,10-13,17,25-26,32-33H,3-5,9,14-16,30H2,1-2H3,(H,31,38)(H,34,37)/t25-,26-/m0/s1. The second-order valence-corrected chi connectivity index (χ2v) is 11.2. The number of ketones is 2. The SMILES string of the molecule is C=C(N[C@@H](CCCCNC(=O)c1cccc(I)c1)C(C)=O)N[C@@H](CCC(=O)Nc1ccc(SOON)cc1)C(C)=O. The number of carbonyl (C=O) groups is 4. The number of unbranched alkanes of at least 4 members (excludes halogenated alkanes) is 1. The van der Waals surface area contributed by atoms with Gasteiger partial charge >= 0.3 is 0 Å². The maximum absolute atomic E-state index is 12.4. The number of rotatable bonds is 19. The van der Waals surface area contributed by atoms with Crippen molar-refractivity contribution in [1.29, 1.82) is 0 Å². The third-order valence-electron chi connectivity index (χ3n) is 5.94. The number of carbonyl (C=O) groups excluding carboxylic acids is 4. The minimum absolute atomic E-state index is 0.0684. The van der Waals surface area contributed by atoms with Crippen molar-refractivity contribution in [1.82, 2.24) is 16.0 Å². The lowest BCUT2D eigenvalue weighted by molar-refractivity contribution is -0.195. The van der Waals surface area contributed by atoms with E-state index in [1.165, 1.54) is 13.8 Å². The molecule has 0 aromatic heterocycles. The van der Waals surface area contributed by atoms with Gasteiger partial charge in [-0.15, -0.1) is 9.32 Å². The molecule has 0 aliphatic heterocycles. The predicted molar refractivity (Wildman–Crippen MR) is 166 cm³/mol. The Hall–Kier alpha value is -2.98. The average Bonchev–Trinajstić information content (AvgIpc) is 2.93. The van der Waals surface area contributed by atoms with Crippen LogP contribution < -0.4 is 27.2 Å². The first kappa shape index (κ1) is 34.2. The summed E-state index contributed by atoms with van der Waals surface area (Å²) in [7, 11) is 0. The molecule has 41 heavy (non-hydrogen) atoms. The first-order chi connectivity index (χ1) is 19.6. The lowest BCUT2D eigenvalue weighted by atomic mass is 10.1. The van der Waals surface area contributed by atoms with Crippen LogP contribution in [-0.4, -0.2) is 42.0 Å². The lowest BCUT2D eigenvalue weighted by Gasteiger charge is -2.23. The third kappa shape index (κ3) is 13.5. The fraction of sp³-hybridized carbons (Fsp3) is 0.357. The van der Waals surface area contributed by atoms with E-state index in [4.69, 9.17) is 5.90 Å². The number of halogens is 1. The number of nitrogens with one attached hydrogen (secondary N) is 4. The molecule has 0 spiro atoms. The summed E-state index contributed by atoms with van der Waals surface area (Å²) < 4.78 is 5.56. The van der Waals surface area contributed by atoms with Crippen LogP contribution in [0.1, 0.15) is 56.3 Å². The largest absolute Gasteiger partial charge is 0.363 e. The molecule has 0 bridgehead atoms. The number of nitrogens with two attached hydrogens (primary N) is 1. The van der Waals surface area contributed by atoms with Crippen molar-refractivity contribution < 1.29 is 28.5 Å². The molecule has 2 rings (SSSR count). The Morgan fingerprint density at radius 3 is 2.24 bits per heavy atom. The van der Waals surface area contributed by atoms with Crippen LogP contribution in [0.15, 0.2) is 65.8 Å². The van der Waals surface area contributed by atoms with Gasteiger partial charge in [0.25, 0.3) is 5.91 Å². The first-order valence-electron chi connectivity index (χ1n) is 13.0. The van der Waals surface area contributed by atoms with E-state index in [2.05, 4.69) is 59.8 Å². The van der Waals surface area contributed by atoms with E-state index in [-0.39, 0.29) is 36.2 Å². The Balaban J connectivity index is 1.75. The first-order valence-corrected chi connectivity index (χ1v) is 14.8. The van der Waals surface area contributed by atoms with Crippen LogP contribution in [0.4, 0.5) is 5.69 Å². The molecule has 222 valence electrons. The summed E-state index contributed by atoms with van der Waals surface area (Å²) in [6, 6.07) is 13.0. The Bertz CT molecular complexity index is 1200. The molecule has 0 aliphatic carbocycles. The minimum Gasteiger partial charge on any atom is -0.363 e. The molecule has 13 heteroatoms. The van der Waals surface area contributed by atoms with Crippen molar-refractivity contribution in [3.8, 4) is 0 Å². The van der Waals surface area contributed by atoms with E-state index in [1.54, 1.807) is 30.3 Å². The maximum Gasteiger partial charge on any atom is 0.251 e. The van der Waals surface area contributed by atoms with Gasteiger partial charge in [-0.2, -0.15) is 5.90 Å². The van der Waals surface area contributed by atoms with Crippen LogP contribution in [0.3, 0.4) is 0 Å². The molecule has 0 fully saturated rings. The zero-order chi connectivity index (χ0) is 30.2. The highest BCUT2D eigenvalue weighted by atomic mass is 127. The Morgan fingerprint density at radius 2 is 1.63 bits per heavy atom. The fourth-order valence-electron chi connectivity index (χ4n) is 3.78. The normalized spacial score (nSPS) is 12.1. The molecule has 0 heterocycles. The van der Waals surface area contributed by atoms with Crippen molar-refractivity contribution in [2.45, 2.75) is 62.9 Å². The molecule has 6 N–H and O–H groups in total. The Kier molecular flexibility index (Phi) is 15.4. The summed E-state index contributed by atoms with van der Waals surface area (Å²) >= 11 is 3.09. The van der Waals surface area contributed by atoms with Gasteiger partial charge in [0.2, 0.25) is 5.91 Å². The molecular weight excluding hydrogens is 661 g/mol. The lowest BCUT2D eigenvalue weighted by Crippen LogP contribution is -2.44. The van der Waals surface area contributed by atoms with E-state index >= 15 is 0 Å². The van der Waals surface area contributed by atoms with E-state index < -0.39 is 12.1 Å². The second kappa shape index (κ2) is 18.5. The van der Waals surface area contributed by atoms with Crippen molar-refractivity contribution in [3.63, 3.8) is 0 Å². The summed E-state index contributed by atoms with van der Waals surface area (Å²) in [4.78, 5) is 53.9. The van der Waals surface area contributed by atoms with Crippen molar-refractivity contribution in [2.75, 3.05) is 11.9 Å². The highest BCUT2D eigenvalue weighted by Gasteiger charge is 2.19. The molecule has 0 aliphatic rings. The molecular formula is C28H36IN5O6S. The summed E-state index contributed by atoms with van der Waals surface area (Å²) in [6.45, 7) is 7.32. The number of Topliss-reactive ketones (excluding diaryl/α,β-unsaturated/α-hetero) is 2. The van der Waals surface area contributed by atoms with Crippen LogP contribution in [0.25, 0.3) is 0 Å². The summed E-state index contributed by atoms with van der Waals surface area (Å²) in [5.41, 5.74) is 1.20. The average molecular weight is 698 g/mol. The van der Waals surface area contributed by atoms with Gasteiger partial charge < -0.3 is 21.3 Å². The number of hydrogen-bond donors (Lipinski definition) is 5. The summed E-state index contributed by atoms with van der Waals surface area (Å²) in [5.74, 6) is 4.52. The van der Waals surface area contributed by atoms with Crippen LogP contribution in [0, 0.1) is 3.57 Å². The van der Waals surface area contributed by atoms with Gasteiger partial charge in [0.1, 0.15) is 0 Å². The van der Waals surface area contributed by atoms with Gasteiger partial charge in [-0.1, -0.05) is 12.6 Å². The molecule has 0 unspecified atom stereocenters. The number of amides is 2. The summed E-state index contributed by atoms with van der Waals surface area (Å²) in [6.07, 6.45) is 2.26. The predicted octanol–water partition coefficient (Wildman–Crippen LogP) is 4.00. The molecule has 2 aromatic rings. The smallest absolute Gasteiger partial charge is 0.251 e. The van der Waals surface area contributed by atoms with Gasteiger partial charge in [-0.05, 0) is 105 Å². The molecule has 0 saturated carbocycles. The number of anilines is 1. The van der Waals surface area contributed by atoms with E-state index in [0.29, 0.717) is 42.9 Å². The molecule has 2 aromatic carbocycles. The number of hydrogen-bond acceptors (Lipinski definition) is 10. The Morgan fingerprint density at radius 1 is 0.976 bits per heavy atom. The van der Waals surface area contributed by atoms with Crippen LogP contribution >= 0.6 is 34.6 Å². The van der Waals surface area contributed by atoms with Gasteiger partial charge in [0.15, 0.2) is 11.6 Å². The Labute approximate surface area is 258 Å². The highest BCUT2D eigenvalue weighted by molar-refractivity contribution is 14.1. The van der Waals surface area contributed by atoms with E-state index in [9.17, 15) is 19.2 Å². The van der Waals surface area contributed by atoms with Crippen LogP contribution in [0.5, 0.6) is 0 Å². The molecule has 0 radical (unpaired) electrons.